The van der Waals surface area contributed by atoms with Crippen LogP contribution in [0, 0.1) is 0 Å². The van der Waals surface area contributed by atoms with Crippen molar-refractivity contribution in [3.63, 3.8) is 0 Å². The molecule has 0 amide bonds. The van der Waals surface area contributed by atoms with Crippen molar-refractivity contribution in [1.29, 1.82) is 0 Å². The van der Waals surface area contributed by atoms with E-state index < -0.39 is 5.30 Å². The van der Waals surface area contributed by atoms with E-state index in [9.17, 15) is 4.79 Å². The highest BCUT2D eigenvalue weighted by Crippen LogP contribution is 1.91. The van der Waals surface area contributed by atoms with Gasteiger partial charge < -0.3 is 4.74 Å². The third-order valence-electron chi connectivity index (χ3n) is 0.716. The molecule has 0 fully saturated rings. The smallest absolute Gasteiger partial charge is 0.404 e. The third kappa shape index (κ3) is 7.43. The molecule has 0 aromatic rings. The minimum Gasteiger partial charge on any atom is -0.423 e. The zero-order valence-corrected chi connectivity index (χ0v) is 6.11. The fraction of sp³-hybridized carbons (Fsp3) is 0.500. The second kappa shape index (κ2) is 5.56. The van der Waals surface area contributed by atoms with E-state index in [1.807, 2.05) is 6.92 Å². The fourth-order valence-electron chi connectivity index (χ4n) is 0.338. The Hall–Kier alpha value is -0.570. The molecule has 3 heteroatoms. The Morgan fingerprint density at radius 3 is 2.89 bits per heavy atom. The van der Waals surface area contributed by atoms with E-state index in [1.54, 1.807) is 6.08 Å². The van der Waals surface area contributed by atoms with Crippen LogP contribution in [0.25, 0.3) is 0 Å². The zero-order chi connectivity index (χ0) is 7.11. The topological polar surface area (TPSA) is 26.3 Å². The van der Waals surface area contributed by atoms with Crippen LogP contribution in [0.5, 0.6) is 0 Å². The Morgan fingerprint density at radius 2 is 2.44 bits per heavy atom. The van der Waals surface area contributed by atoms with Crippen LogP contribution in [-0.4, -0.2) is 5.30 Å². The largest absolute Gasteiger partial charge is 0.423 e. The molecule has 0 aliphatic rings. The molecule has 0 N–H and O–H groups in total. The van der Waals surface area contributed by atoms with Gasteiger partial charge in [-0.05, 0) is 12.5 Å². The van der Waals surface area contributed by atoms with E-state index >= 15 is 0 Å². The van der Waals surface area contributed by atoms with Crippen LogP contribution in [0.15, 0.2) is 12.3 Å². The van der Waals surface area contributed by atoms with Gasteiger partial charge in [0, 0.05) is 12.6 Å². The Balaban J connectivity index is 3.14. The normalized spacial score (nSPS) is 9.89. The van der Waals surface area contributed by atoms with Crippen LogP contribution in [0.1, 0.15) is 19.8 Å². The molecule has 0 saturated heterocycles. The van der Waals surface area contributed by atoms with E-state index in [0.29, 0.717) is 0 Å². The van der Waals surface area contributed by atoms with Crippen molar-refractivity contribution in [2.24, 2.45) is 0 Å². The summed E-state index contributed by atoms with van der Waals surface area (Å²) < 4.78 is 4.34. The maximum Gasteiger partial charge on any atom is 0.404 e. The molecule has 2 nitrogen and oxygen atoms in total. The predicted octanol–water partition coefficient (Wildman–Crippen LogP) is 2.63. The van der Waals surface area contributed by atoms with Crippen molar-refractivity contribution in [3.8, 4) is 0 Å². The van der Waals surface area contributed by atoms with Gasteiger partial charge >= 0.3 is 5.30 Å². The first-order chi connectivity index (χ1) is 4.27. The molecule has 9 heavy (non-hydrogen) atoms. The van der Waals surface area contributed by atoms with Crippen molar-refractivity contribution >= 4 is 17.9 Å². The molecule has 0 heterocycles. The van der Waals surface area contributed by atoms with Gasteiger partial charge in [-0.3, -0.25) is 0 Å². The summed E-state index contributed by atoms with van der Waals surface area (Å²) in [5, 5.41) is -0.678. The lowest BCUT2D eigenvalue weighted by Gasteiger charge is -1.86. The summed E-state index contributed by atoms with van der Waals surface area (Å²) in [5.74, 6) is 0. The van der Waals surface area contributed by atoms with Gasteiger partial charge in [0.05, 0.1) is 6.26 Å². The van der Waals surface area contributed by atoms with Gasteiger partial charge in [-0.2, -0.15) is 0 Å². The van der Waals surface area contributed by atoms with Crippen molar-refractivity contribution in [1.82, 2.24) is 0 Å². The Morgan fingerprint density at radius 1 is 1.78 bits per heavy atom. The third-order valence-corrected chi connectivity index (χ3v) is 0.812. The highest BCUT2D eigenvalue weighted by molar-refractivity contribution is 7.96. The maximum atomic E-state index is 9.95. The summed E-state index contributed by atoms with van der Waals surface area (Å²) in [6.45, 7) is 2.04. The molecule has 0 rings (SSSR count). The van der Waals surface area contributed by atoms with Gasteiger partial charge in [-0.1, -0.05) is 13.3 Å². The lowest BCUT2D eigenvalue weighted by molar-refractivity contribution is 0.214. The van der Waals surface area contributed by atoms with E-state index in [4.69, 9.17) is 0 Å². The number of unbranched alkanes of at least 4 members (excludes halogenated alkanes) is 1. The summed E-state index contributed by atoms with van der Waals surface area (Å²) >= 11 is 4.12. The highest BCUT2D eigenvalue weighted by Gasteiger charge is 1.86. The first kappa shape index (κ1) is 8.43. The van der Waals surface area contributed by atoms with Crippen molar-refractivity contribution in [2.45, 2.75) is 19.8 Å². The molecule has 0 spiro atoms. The summed E-state index contributed by atoms with van der Waals surface area (Å²) in [7, 11) is 0. The number of carbonyl (C=O) groups excluding carboxylic acids is 1. The van der Waals surface area contributed by atoms with Crippen molar-refractivity contribution in [3.05, 3.63) is 12.3 Å². The maximum absolute atomic E-state index is 9.95. The summed E-state index contributed by atoms with van der Waals surface area (Å²) in [4.78, 5) is 9.95. The first-order valence-corrected chi connectivity index (χ1v) is 3.21. The molecule has 0 bridgehead atoms. The van der Waals surface area contributed by atoms with Crippen LogP contribution in [0.4, 0.5) is 4.79 Å². The molecule has 0 aromatic carbocycles. The SMILES string of the molecule is CCC/C=C/OC(=O)[S]. The van der Waals surface area contributed by atoms with Gasteiger partial charge in [0.25, 0.3) is 0 Å². The van der Waals surface area contributed by atoms with E-state index in [0.717, 1.165) is 12.8 Å². The quantitative estimate of drug-likeness (QED) is 0.450. The van der Waals surface area contributed by atoms with E-state index in [-0.39, 0.29) is 0 Å². The molecule has 0 unspecified atom stereocenters. The lowest BCUT2D eigenvalue weighted by Crippen LogP contribution is -1.81. The van der Waals surface area contributed by atoms with Crippen molar-refractivity contribution in [2.75, 3.05) is 0 Å². The molecular weight excluding hydrogens is 136 g/mol. The molecule has 1 radical (unpaired) electrons. The number of allylic oxidation sites excluding steroid dienone is 1. The summed E-state index contributed by atoms with van der Waals surface area (Å²) in [6.07, 6.45) is 5.07. The average molecular weight is 145 g/mol. The monoisotopic (exact) mass is 145 g/mol. The van der Waals surface area contributed by atoms with Crippen LogP contribution >= 0.6 is 12.6 Å². The summed E-state index contributed by atoms with van der Waals surface area (Å²) in [5.41, 5.74) is 0. The highest BCUT2D eigenvalue weighted by atomic mass is 32.1. The zero-order valence-electron chi connectivity index (χ0n) is 5.29. The average Bonchev–Trinajstić information content (AvgIpc) is 1.80. The molecule has 0 aliphatic carbocycles. The Kier molecular flexibility index (Phi) is 5.21. The number of carbonyl (C=O) groups is 1. The molecule has 51 valence electrons. The second-order valence-corrected chi connectivity index (χ2v) is 1.86. The van der Waals surface area contributed by atoms with Crippen LogP contribution in [-0.2, 0) is 4.74 Å². The standard InChI is InChI=1S/C6H9O2S/c1-2-3-4-5-8-6(7)9/h4-5H,2-3H2,1H3/b5-4+. The van der Waals surface area contributed by atoms with Crippen molar-refractivity contribution < 1.29 is 9.53 Å². The van der Waals surface area contributed by atoms with Crippen LogP contribution < -0.4 is 0 Å². The van der Waals surface area contributed by atoms with Crippen LogP contribution in [0.2, 0.25) is 0 Å². The van der Waals surface area contributed by atoms with Gasteiger partial charge in [0.2, 0.25) is 0 Å². The number of hydrogen-bond donors (Lipinski definition) is 0. The summed E-state index contributed by atoms with van der Waals surface area (Å²) in [6, 6.07) is 0. The lowest BCUT2D eigenvalue weighted by atomic mass is 10.3. The molecule has 0 aliphatic heterocycles. The van der Waals surface area contributed by atoms with Gasteiger partial charge in [0.15, 0.2) is 0 Å². The first-order valence-electron chi connectivity index (χ1n) is 2.80. The van der Waals surface area contributed by atoms with Gasteiger partial charge in [-0.15, -0.1) is 0 Å². The van der Waals surface area contributed by atoms with Crippen LogP contribution in [0.3, 0.4) is 0 Å². The van der Waals surface area contributed by atoms with E-state index in [2.05, 4.69) is 17.4 Å². The molecule has 0 aromatic heterocycles. The fourth-order valence-corrected chi connectivity index (χ4v) is 0.394. The van der Waals surface area contributed by atoms with E-state index in [1.165, 1.54) is 6.26 Å². The number of hydrogen-bond acceptors (Lipinski definition) is 2. The molecule has 0 saturated carbocycles. The Labute approximate surface area is 60.3 Å². The number of ether oxygens (including phenoxy) is 1. The minimum absolute atomic E-state index is 0.678. The second-order valence-electron chi connectivity index (χ2n) is 1.53. The van der Waals surface area contributed by atoms with Gasteiger partial charge in [-0.25, -0.2) is 4.79 Å². The number of rotatable bonds is 3. The Bertz CT molecular complexity index is 110. The minimum atomic E-state index is -0.678. The predicted molar refractivity (Wildman–Crippen MR) is 38.1 cm³/mol. The molecular formula is C6H9O2S. The molecule has 0 atom stereocenters. The van der Waals surface area contributed by atoms with Gasteiger partial charge in [0.1, 0.15) is 0 Å².